The van der Waals surface area contributed by atoms with Crippen molar-refractivity contribution in [1.29, 1.82) is 0 Å². The van der Waals surface area contributed by atoms with Crippen LogP contribution in [0, 0.1) is 46.3 Å². The van der Waals surface area contributed by atoms with Gasteiger partial charge in [-0.2, -0.15) is 0 Å². The minimum Gasteiger partial charge on any atom is -0.394 e. The summed E-state index contributed by atoms with van der Waals surface area (Å²) in [6.45, 7) is 6.47. The number of carbonyl (C=O) groups excluding carboxylic acids is 1. The van der Waals surface area contributed by atoms with Crippen LogP contribution in [-0.4, -0.2) is 246 Å². The summed E-state index contributed by atoms with van der Waals surface area (Å²) < 4.78 is 60.3. The summed E-state index contributed by atoms with van der Waals surface area (Å²) in [6.07, 6.45) is -30.5. The lowest BCUT2D eigenvalue weighted by Crippen LogP contribution is -2.70. The largest absolute Gasteiger partial charge is 0.394 e. The normalized spacial score (nSPS) is 58.3. The van der Waals surface area contributed by atoms with Crippen LogP contribution in [0.1, 0.15) is 79.1 Å². The molecule has 13 N–H and O–H groups in total. The summed E-state index contributed by atoms with van der Waals surface area (Å²) in [6, 6.07) is 0. The molecule has 1 spiro atoms. The van der Waals surface area contributed by atoms with E-state index in [9.17, 15) is 71.2 Å². The Bertz CT molecular complexity index is 1940. The smallest absolute Gasteiger partial charge is 0.187 e. The van der Waals surface area contributed by atoms with Gasteiger partial charge in [-0.05, 0) is 67.1 Å². The lowest BCUT2D eigenvalue weighted by molar-refractivity contribution is -0.395. The van der Waals surface area contributed by atoms with Gasteiger partial charge >= 0.3 is 0 Å². The van der Waals surface area contributed by atoms with Gasteiger partial charge in [-0.3, -0.25) is 4.79 Å². The molecule has 6 heterocycles. The number of hydrogen-bond acceptors (Lipinski definition) is 24. The van der Waals surface area contributed by atoms with Gasteiger partial charge in [-0.25, -0.2) is 0 Å². The van der Waals surface area contributed by atoms with Crippen molar-refractivity contribution in [2.24, 2.45) is 46.3 Å². The Morgan fingerprint density at radius 2 is 1.25 bits per heavy atom. The first kappa shape index (κ1) is 55.1. The molecule has 4 saturated carbocycles. The average Bonchev–Trinajstić information content (AvgIpc) is 3.81. The van der Waals surface area contributed by atoms with Crippen LogP contribution in [-0.2, 0) is 52.2 Å². The molecule has 0 radical (unpaired) electrons. The van der Waals surface area contributed by atoms with Crippen LogP contribution < -0.4 is 0 Å². The van der Waals surface area contributed by atoms with Gasteiger partial charge in [0.2, 0.25) is 0 Å². The maximum atomic E-state index is 14.6. The summed E-state index contributed by atoms with van der Waals surface area (Å²) in [4.78, 5) is 14.6. The highest BCUT2D eigenvalue weighted by Gasteiger charge is 2.73. The molecule has 10 aliphatic rings. The molecule has 10 fully saturated rings. The van der Waals surface area contributed by atoms with Crippen molar-refractivity contribution in [3.63, 3.8) is 0 Å². The van der Waals surface area contributed by atoms with E-state index in [4.69, 9.17) is 47.4 Å². The Kier molecular flexibility index (Phi) is 15.4. The number of carbonyl (C=O) groups is 1. The second-order valence-corrected chi connectivity index (χ2v) is 23.7. The standard InChI is InChI=1S/C49H78O24/c1-18-5-8-49(66-15-18)19(2)31-26(73-49)10-22-20-9-30(55)48(63)12-27(23(52)11-47(48,4)21(20)6-7-46(22,31)3)67-43-38(62)35(59)40(29(14-51)69-43)71-45-41(72-44-37(61)34(58)33(57)28(13-50)68-44)39(25(54)17-65-45)70-42-36(60)32(56)24(53)16-64-42/h18-29,31-45,50-54,56-63H,5-17H2,1-4H3/t18?,19-,20?,21?,22?,23+,24-,25-,26?,27?,28?,29?,31?,32?,33?,34?,35?,36?,37?,38?,39?,40-,41?,42-,43+,44?,45-,46-,47+,48-,49+/m0/s1. The molecule has 10 rings (SSSR count). The number of fused-ring (bicyclic) bond motifs is 7. The first-order valence-electron chi connectivity index (χ1n) is 26.3. The molecule has 4 aliphatic carbocycles. The molecule has 0 bridgehead atoms. The monoisotopic (exact) mass is 1050 g/mol. The van der Waals surface area contributed by atoms with Crippen molar-refractivity contribution in [3.05, 3.63) is 0 Å². The molecule has 0 amide bonds. The third-order valence-corrected chi connectivity index (χ3v) is 19.6. The molecule has 0 aromatic rings. The fourth-order valence-corrected chi connectivity index (χ4v) is 15.4. The van der Waals surface area contributed by atoms with E-state index in [2.05, 4.69) is 20.8 Å². The molecular formula is C49H78O24. The topological polar surface area (TPSA) is 372 Å². The Hall–Kier alpha value is -1.25. The molecule has 0 aromatic carbocycles. The van der Waals surface area contributed by atoms with Crippen LogP contribution in [0.4, 0.5) is 0 Å². The van der Waals surface area contributed by atoms with Crippen LogP contribution in [0.5, 0.6) is 0 Å². The zero-order chi connectivity index (χ0) is 52.4. The van der Waals surface area contributed by atoms with Crippen molar-refractivity contribution in [3.8, 4) is 0 Å². The predicted octanol–water partition coefficient (Wildman–Crippen LogP) is -4.37. The molecule has 418 valence electrons. The number of aliphatic hydroxyl groups is 13. The molecule has 0 aromatic heterocycles. The van der Waals surface area contributed by atoms with Crippen molar-refractivity contribution >= 4 is 5.78 Å². The van der Waals surface area contributed by atoms with E-state index < -0.39 is 166 Å². The van der Waals surface area contributed by atoms with Gasteiger partial charge < -0.3 is 114 Å². The minimum absolute atomic E-state index is 0.00954. The Morgan fingerprint density at radius 3 is 1.95 bits per heavy atom. The summed E-state index contributed by atoms with van der Waals surface area (Å²) in [5.41, 5.74) is -3.10. The van der Waals surface area contributed by atoms with E-state index in [1.807, 2.05) is 6.92 Å². The first-order valence-corrected chi connectivity index (χ1v) is 26.3. The Morgan fingerprint density at radius 1 is 0.616 bits per heavy atom. The lowest BCUT2D eigenvalue weighted by atomic mass is 9.42. The second-order valence-electron chi connectivity index (χ2n) is 23.7. The third kappa shape index (κ3) is 9.00. The van der Waals surface area contributed by atoms with E-state index in [1.54, 1.807) is 0 Å². The SMILES string of the molecule is CC1CC[C@@]2(OC1)OC1CC3C4CC(=O)[C@@]5(O)CC(O[C@@H]6OC(CO)[C@H](O[C@@H]7OC[C@H](O)C(O[C@@H]8OC[C@H](O)C(O)C8O)C7OC7OC(CO)C(O)C(O)C7O)C(O)C6O)[C@H](O)C[C@]5(C)C4CC[C@]3(C)C1[C@@H]2C. The molecule has 31 atom stereocenters. The Labute approximate surface area is 422 Å². The quantitative estimate of drug-likeness (QED) is 0.0920. The van der Waals surface area contributed by atoms with Crippen LogP contribution in [0.25, 0.3) is 0 Å². The van der Waals surface area contributed by atoms with Crippen LogP contribution in [0.2, 0.25) is 0 Å². The molecule has 24 heteroatoms. The highest BCUT2D eigenvalue weighted by molar-refractivity contribution is 5.89. The van der Waals surface area contributed by atoms with Gasteiger partial charge in [0.25, 0.3) is 0 Å². The summed E-state index contributed by atoms with van der Waals surface area (Å²) >= 11 is 0. The number of Topliss-reactive ketones (excluding diaryl/α,β-unsaturated/α-hetero) is 1. The Balaban J connectivity index is 0.831. The van der Waals surface area contributed by atoms with Gasteiger partial charge in [0.1, 0.15) is 91.1 Å². The van der Waals surface area contributed by atoms with E-state index in [-0.39, 0.29) is 66.2 Å². The van der Waals surface area contributed by atoms with Crippen molar-refractivity contribution in [2.75, 3.05) is 33.0 Å². The number of ether oxygens (including phenoxy) is 10. The summed E-state index contributed by atoms with van der Waals surface area (Å²) in [7, 11) is 0. The molecule has 6 saturated heterocycles. The fraction of sp³-hybridized carbons (Fsp3) is 0.980. The number of ketones is 1. The van der Waals surface area contributed by atoms with E-state index in [0.29, 0.717) is 12.5 Å². The van der Waals surface area contributed by atoms with Crippen molar-refractivity contribution in [2.45, 2.75) is 219 Å². The maximum absolute atomic E-state index is 14.6. The zero-order valence-electron chi connectivity index (χ0n) is 41.6. The van der Waals surface area contributed by atoms with Gasteiger partial charge in [0.15, 0.2) is 36.7 Å². The van der Waals surface area contributed by atoms with Crippen molar-refractivity contribution < 1.29 is 119 Å². The third-order valence-electron chi connectivity index (χ3n) is 19.6. The molecule has 19 unspecified atom stereocenters. The van der Waals surface area contributed by atoms with Gasteiger partial charge in [-0.1, -0.05) is 27.7 Å². The lowest BCUT2D eigenvalue weighted by Gasteiger charge is -2.64. The van der Waals surface area contributed by atoms with Gasteiger partial charge in [0.05, 0.1) is 51.3 Å². The van der Waals surface area contributed by atoms with Gasteiger partial charge in [-0.15, -0.1) is 0 Å². The summed E-state index contributed by atoms with van der Waals surface area (Å²) in [5.74, 6) is -0.0823. The van der Waals surface area contributed by atoms with Gasteiger partial charge in [0, 0.05) is 30.6 Å². The maximum Gasteiger partial charge on any atom is 0.187 e. The highest BCUT2D eigenvalue weighted by Crippen LogP contribution is 2.71. The molecule has 24 nitrogen and oxygen atoms in total. The second kappa shape index (κ2) is 20.4. The predicted molar refractivity (Wildman–Crippen MR) is 239 cm³/mol. The van der Waals surface area contributed by atoms with Crippen LogP contribution in [0.3, 0.4) is 0 Å². The van der Waals surface area contributed by atoms with Crippen molar-refractivity contribution in [1.82, 2.24) is 0 Å². The fourth-order valence-electron chi connectivity index (χ4n) is 15.4. The zero-order valence-corrected chi connectivity index (χ0v) is 41.6. The number of hydrogen-bond donors (Lipinski definition) is 13. The average molecular weight is 1050 g/mol. The molecule has 6 aliphatic heterocycles. The van der Waals surface area contributed by atoms with E-state index >= 15 is 0 Å². The first-order chi connectivity index (χ1) is 34.5. The minimum atomic E-state index is -2.00. The van der Waals surface area contributed by atoms with Crippen LogP contribution >= 0.6 is 0 Å². The molecule has 73 heavy (non-hydrogen) atoms. The number of rotatable bonds is 10. The van der Waals surface area contributed by atoms with E-state index in [1.165, 1.54) is 0 Å². The molecular weight excluding hydrogens is 973 g/mol. The van der Waals surface area contributed by atoms with Crippen LogP contribution in [0.15, 0.2) is 0 Å². The van der Waals surface area contributed by atoms with E-state index in [0.717, 1.165) is 32.1 Å². The highest BCUT2D eigenvalue weighted by atomic mass is 16.8. The summed E-state index contributed by atoms with van der Waals surface area (Å²) in [5, 5.41) is 143. The number of aliphatic hydroxyl groups excluding tert-OH is 12.